The van der Waals surface area contributed by atoms with Crippen LogP contribution in [0.5, 0.6) is 5.75 Å². The van der Waals surface area contributed by atoms with Crippen molar-refractivity contribution in [3.05, 3.63) is 59.0 Å². The highest BCUT2D eigenvalue weighted by Crippen LogP contribution is 2.29. The van der Waals surface area contributed by atoms with Gasteiger partial charge >= 0.3 is 10.1 Å². The lowest BCUT2D eigenvalue weighted by Gasteiger charge is -2.12. The minimum atomic E-state index is -3.97. The molecule has 0 N–H and O–H groups in total. The largest absolute Gasteiger partial charge is 0.495 e. The molecule has 132 valence electrons. The number of aryl methyl sites for hydroxylation is 3. The van der Waals surface area contributed by atoms with Gasteiger partial charge in [-0.25, -0.2) is 4.98 Å². The van der Waals surface area contributed by atoms with Crippen LogP contribution in [0.1, 0.15) is 22.5 Å². The van der Waals surface area contributed by atoms with Crippen LogP contribution in [-0.4, -0.2) is 24.9 Å². The Balaban J connectivity index is 1.95. The smallest absolute Gasteiger partial charge is 0.301 e. The number of ether oxygens (including phenoxy) is 1. The lowest BCUT2D eigenvalue weighted by Crippen LogP contribution is -2.10. The summed E-state index contributed by atoms with van der Waals surface area (Å²) in [5.74, 6) is 0.276. The van der Waals surface area contributed by atoms with Crippen molar-refractivity contribution in [3.63, 3.8) is 0 Å². The summed E-state index contributed by atoms with van der Waals surface area (Å²) in [5, 5.41) is 0. The Morgan fingerprint density at radius 2 is 1.84 bits per heavy atom. The second-order valence-electron chi connectivity index (χ2n) is 5.88. The molecule has 0 radical (unpaired) electrons. The third kappa shape index (κ3) is 3.25. The highest BCUT2D eigenvalue weighted by atomic mass is 32.2. The van der Waals surface area contributed by atoms with Crippen LogP contribution in [0.15, 0.2) is 41.4 Å². The number of nitrogens with zero attached hydrogens (tertiary/aromatic N) is 2. The minimum Gasteiger partial charge on any atom is -0.495 e. The van der Waals surface area contributed by atoms with E-state index in [1.807, 2.05) is 49.6 Å². The fourth-order valence-electron chi connectivity index (χ4n) is 2.65. The number of rotatable bonds is 5. The monoisotopic (exact) mass is 360 g/mol. The van der Waals surface area contributed by atoms with Gasteiger partial charge in [-0.1, -0.05) is 6.07 Å². The highest BCUT2D eigenvalue weighted by molar-refractivity contribution is 7.86. The standard InChI is InChI=1S/C18H20N2O4S/c1-12-9-16(23-4)17(10-13(12)2)25(21,22)24-11-15-14(3)19-18-7-5-6-8-20(15)18/h5-10H,11H2,1-4H3. The van der Waals surface area contributed by atoms with E-state index in [9.17, 15) is 8.42 Å². The summed E-state index contributed by atoms with van der Waals surface area (Å²) in [6.07, 6.45) is 1.83. The molecule has 0 spiro atoms. The van der Waals surface area contributed by atoms with E-state index in [1.54, 1.807) is 12.1 Å². The molecule has 0 aliphatic rings. The van der Waals surface area contributed by atoms with Gasteiger partial charge in [0, 0.05) is 6.20 Å². The molecule has 0 fully saturated rings. The van der Waals surface area contributed by atoms with E-state index >= 15 is 0 Å². The molecule has 3 aromatic rings. The molecule has 3 rings (SSSR count). The zero-order valence-electron chi connectivity index (χ0n) is 14.6. The quantitative estimate of drug-likeness (QED) is 0.654. The lowest BCUT2D eigenvalue weighted by molar-refractivity contribution is 0.298. The molecule has 0 atom stereocenters. The highest BCUT2D eigenvalue weighted by Gasteiger charge is 2.23. The molecule has 0 unspecified atom stereocenters. The van der Waals surface area contributed by atoms with Crippen molar-refractivity contribution in [2.45, 2.75) is 32.3 Å². The van der Waals surface area contributed by atoms with Crippen LogP contribution in [0, 0.1) is 20.8 Å². The van der Waals surface area contributed by atoms with E-state index in [0.717, 1.165) is 22.5 Å². The van der Waals surface area contributed by atoms with Gasteiger partial charge < -0.3 is 9.14 Å². The van der Waals surface area contributed by atoms with Gasteiger partial charge in [-0.05, 0) is 56.2 Å². The van der Waals surface area contributed by atoms with Gasteiger partial charge in [-0.3, -0.25) is 4.18 Å². The minimum absolute atomic E-state index is 0.0320. The van der Waals surface area contributed by atoms with Gasteiger partial charge in [-0.15, -0.1) is 0 Å². The average Bonchev–Trinajstić information content (AvgIpc) is 2.90. The molecular formula is C18H20N2O4S. The topological polar surface area (TPSA) is 69.9 Å². The molecule has 2 heterocycles. The van der Waals surface area contributed by atoms with Crippen molar-refractivity contribution < 1.29 is 17.3 Å². The summed E-state index contributed by atoms with van der Waals surface area (Å²) in [4.78, 5) is 4.44. The zero-order valence-corrected chi connectivity index (χ0v) is 15.4. The van der Waals surface area contributed by atoms with E-state index in [-0.39, 0.29) is 17.3 Å². The fraction of sp³-hybridized carbons (Fsp3) is 0.278. The molecule has 1 aromatic carbocycles. The molecule has 0 bridgehead atoms. The second kappa shape index (κ2) is 6.50. The SMILES string of the molecule is COc1cc(C)c(C)cc1S(=O)(=O)OCc1c(C)nc2ccccn12. The Kier molecular flexibility index (Phi) is 4.53. The van der Waals surface area contributed by atoms with Crippen molar-refractivity contribution in [2.75, 3.05) is 7.11 Å². The van der Waals surface area contributed by atoms with Gasteiger partial charge in [0.25, 0.3) is 0 Å². The van der Waals surface area contributed by atoms with E-state index in [2.05, 4.69) is 4.98 Å². The molecule has 7 heteroatoms. The van der Waals surface area contributed by atoms with E-state index < -0.39 is 10.1 Å². The number of aromatic nitrogens is 2. The van der Waals surface area contributed by atoms with Crippen LogP contribution < -0.4 is 4.74 Å². The van der Waals surface area contributed by atoms with Crippen molar-refractivity contribution in [2.24, 2.45) is 0 Å². The maximum Gasteiger partial charge on any atom is 0.301 e. The van der Waals surface area contributed by atoms with E-state index in [0.29, 0.717) is 5.69 Å². The molecule has 0 saturated heterocycles. The number of pyridine rings is 1. The molecule has 0 aliphatic heterocycles. The zero-order chi connectivity index (χ0) is 18.2. The van der Waals surface area contributed by atoms with Gasteiger partial charge in [-0.2, -0.15) is 8.42 Å². The van der Waals surface area contributed by atoms with Crippen molar-refractivity contribution in [1.29, 1.82) is 0 Å². The number of imidazole rings is 1. The average molecular weight is 360 g/mol. The Bertz CT molecular complexity index is 1040. The molecule has 0 saturated carbocycles. The Morgan fingerprint density at radius 3 is 2.56 bits per heavy atom. The van der Waals surface area contributed by atoms with Gasteiger partial charge in [0.2, 0.25) is 0 Å². The first-order valence-electron chi connectivity index (χ1n) is 7.80. The summed E-state index contributed by atoms with van der Waals surface area (Å²) < 4.78 is 37.7. The third-order valence-corrected chi connectivity index (χ3v) is 5.52. The van der Waals surface area contributed by atoms with E-state index in [1.165, 1.54) is 7.11 Å². The Morgan fingerprint density at radius 1 is 1.12 bits per heavy atom. The number of fused-ring (bicyclic) bond motifs is 1. The van der Waals surface area contributed by atoms with Gasteiger partial charge in [0.05, 0.1) is 18.5 Å². The first-order chi connectivity index (χ1) is 11.8. The number of methoxy groups -OCH3 is 1. The maximum atomic E-state index is 12.7. The van der Waals surface area contributed by atoms with Gasteiger partial charge in [0.1, 0.15) is 22.9 Å². The molecule has 2 aromatic heterocycles. The van der Waals surface area contributed by atoms with Crippen molar-refractivity contribution >= 4 is 15.8 Å². The summed E-state index contributed by atoms with van der Waals surface area (Å²) in [6.45, 7) is 5.48. The Labute approximate surface area is 147 Å². The van der Waals surface area contributed by atoms with Crippen LogP contribution in [-0.2, 0) is 20.9 Å². The first-order valence-corrected chi connectivity index (χ1v) is 9.21. The molecule has 6 nitrogen and oxygen atoms in total. The molecule has 0 amide bonds. The number of benzene rings is 1. The summed E-state index contributed by atoms with van der Waals surface area (Å²) in [7, 11) is -2.53. The van der Waals surface area contributed by atoms with Crippen LogP contribution in [0.2, 0.25) is 0 Å². The molecule has 25 heavy (non-hydrogen) atoms. The molecular weight excluding hydrogens is 340 g/mol. The van der Waals surface area contributed by atoms with Crippen molar-refractivity contribution in [1.82, 2.24) is 9.38 Å². The van der Waals surface area contributed by atoms with Crippen LogP contribution >= 0.6 is 0 Å². The van der Waals surface area contributed by atoms with Crippen LogP contribution in [0.4, 0.5) is 0 Å². The van der Waals surface area contributed by atoms with Gasteiger partial charge in [0.15, 0.2) is 0 Å². The normalized spacial score (nSPS) is 11.8. The van der Waals surface area contributed by atoms with Crippen molar-refractivity contribution in [3.8, 4) is 5.75 Å². The fourth-order valence-corrected chi connectivity index (χ4v) is 3.76. The van der Waals surface area contributed by atoms with Crippen LogP contribution in [0.25, 0.3) is 5.65 Å². The van der Waals surface area contributed by atoms with Crippen LogP contribution in [0.3, 0.4) is 0 Å². The summed E-state index contributed by atoms with van der Waals surface area (Å²) in [5.41, 5.74) is 3.98. The predicted molar refractivity (Wildman–Crippen MR) is 94.4 cm³/mol. The third-order valence-electron chi connectivity index (χ3n) is 4.23. The molecule has 0 aliphatic carbocycles. The lowest BCUT2D eigenvalue weighted by atomic mass is 10.1. The Hall–Kier alpha value is -2.38. The first kappa shape index (κ1) is 17.4. The number of hydrogen-bond acceptors (Lipinski definition) is 5. The second-order valence-corrected chi connectivity index (χ2v) is 7.46. The predicted octanol–water partition coefficient (Wildman–Crippen LogP) is 3.17. The number of hydrogen-bond donors (Lipinski definition) is 0. The summed E-state index contributed by atoms with van der Waals surface area (Å²) in [6, 6.07) is 8.87. The maximum absolute atomic E-state index is 12.7. The summed E-state index contributed by atoms with van der Waals surface area (Å²) >= 11 is 0. The van der Waals surface area contributed by atoms with E-state index in [4.69, 9.17) is 8.92 Å².